The van der Waals surface area contributed by atoms with Gasteiger partial charge in [0.05, 0.1) is 6.67 Å². The Morgan fingerprint density at radius 1 is 1.04 bits per heavy atom. The molecule has 1 aliphatic rings. The summed E-state index contributed by atoms with van der Waals surface area (Å²) in [5.41, 5.74) is 2.28. The largest absolute Gasteiger partial charge is 0.303 e. The number of halogens is 1. The van der Waals surface area contributed by atoms with Crippen LogP contribution in [0.15, 0.2) is 48.8 Å². The zero-order valence-electron chi connectivity index (χ0n) is 15.8. The van der Waals surface area contributed by atoms with E-state index in [9.17, 15) is 0 Å². The molecule has 0 bridgehead atoms. The smallest absolute Gasteiger partial charge is 0.199 e. The maximum Gasteiger partial charge on any atom is 0.199 e. The van der Waals surface area contributed by atoms with Gasteiger partial charge in [0.2, 0.25) is 0 Å². The molecule has 0 unspecified atom stereocenters. The Bertz CT molecular complexity index is 991. The van der Waals surface area contributed by atoms with Crippen molar-refractivity contribution in [2.45, 2.75) is 13.2 Å². The fourth-order valence-corrected chi connectivity index (χ4v) is 3.90. The summed E-state index contributed by atoms with van der Waals surface area (Å²) < 4.78 is 4.60. The lowest BCUT2D eigenvalue weighted by molar-refractivity contribution is 0.0981. The van der Waals surface area contributed by atoms with Gasteiger partial charge in [-0.2, -0.15) is 5.10 Å². The molecule has 3 aromatic rings. The van der Waals surface area contributed by atoms with Crippen LogP contribution in [0.4, 0.5) is 0 Å². The second kappa shape index (κ2) is 8.53. The van der Waals surface area contributed by atoms with E-state index in [-0.39, 0.29) is 0 Å². The fraction of sp³-hybridized carbons (Fsp3) is 0.350. The lowest BCUT2D eigenvalue weighted by atomic mass is 10.2. The van der Waals surface area contributed by atoms with Gasteiger partial charge < -0.3 is 4.57 Å². The first-order chi connectivity index (χ1) is 13.6. The molecule has 1 fully saturated rings. The van der Waals surface area contributed by atoms with Crippen molar-refractivity contribution >= 4 is 23.8 Å². The molecule has 28 heavy (non-hydrogen) atoms. The number of pyridine rings is 1. The van der Waals surface area contributed by atoms with E-state index in [2.05, 4.69) is 20.9 Å². The predicted molar refractivity (Wildman–Crippen MR) is 114 cm³/mol. The average molecular weight is 415 g/mol. The first-order valence-corrected chi connectivity index (χ1v) is 10.1. The third-order valence-electron chi connectivity index (χ3n) is 5.07. The Morgan fingerprint density at radius 3 is 2.46 bits per heavy atom. The molecule has 0 amide bonds. The van der Waals surface area contributed by atoms with Crippen LogP contribution in [0.5, 0.6) is 0 Å². The van der Waals surface area contributed by atoms with E-state index in [1.807, 2.05) is 46.6 Å². The highest BCUT2D eigenvalue weighted by molar-refractivity contribution is 7.71. The zero-order valence-corrected chi connectivity index (χ0v) is 17.4. The molecular formula is C20H23ClN6S. The monoisotopic (exact) mass is 414 g/mol. The lowest BCUT2D eigenvalue weighted by Gasteiger charge is -2.34. The predicted octanol–water partition coefficient (Wildman–Crippen LogP) is 3.44. The summed E-state index contributed by atoms with van der Waals surface area (Å²) in [6.45, 7) is 5.66. The second-order valence-corrected chi connectivity index (χ2v) is 7.87. The third kappa shape index (κ3) is 4.33. The van der Waals surface area contributed by atoms with Crippen LogP contribution in [0, 0.1) is 4.77 Å². The van der Waals surface area contributed by atoms with Crippen molar-refractivity contribution in [2.24, 2.45) is 7.05 Å². The van der Waals surface area contributed by atoms with E-state index in [1.54, 1.807) is 12.4 Å². The quantitative estimate of drug-likeness (QED) is 0.598. The summed E-state index contributed by atoms with van der Waals surface area (Å²) in [4.78, 5) is 8.93. The van der Waals surface area contributed by atoms with Gasteiger partial charge in [0, 0.05) is 62.8 Å². The Kier molecular flexibility index (Phi) is 5.87. The maximum absolute atomic E-state index is 6.10. The third-order valence-corrected chi connectivity index (χ3v) is 5.79. The molecule has 1 aliphatic heterocycles. The number of hydrogen-bond acceptors (Lipinski definition) is 5. The van der Waals surface area contributed by atoms with Gasteiger partial charge >= 0.3 is 0 Å². The molecule has 0 saturated carbocycles. The van der Waals surface area contributed by atoms with Crippen molar-refractivity contribution in [1.29, 1.82) is 0 Å². The summed E-state index contributed by atoms with van der Waals surface area (Å²) in [6.07, 6.45) is 3.55. The Labute approximate surface area is 175 Å². The number of piperazine rings is 1. The summed E-state index contributed by atoms with van der Waals surface area (Å²) in [5.74, 6) is 0.868. The van der Waals surface area contributed by atoms with Crippen molar-refractivity contribution in [3.63, 3.8) is 0 Å². The number of benzene rings is 1. The zero-order chi connectivity index (χ0) is 19.5. The molecule has 2 aromatic heterocycles. The van der Waals surface area contributed by atoms with E-state index in [0.717, 1.165) is 53.9 Å². The van der Waals surface area contributed by atoms with Crippen LogP contribution in [0.25, 0.3) is 11.4 Å². The Hall–Kier alpha value is -2.06. The van der Waals surface area contributed by atoms with Gasteiger partial charge in [0.1, 0.15) is 0 Å². The molecule has 1 aromatic carbocycles. The molecule has 0 atom stereocenters. The first kappa shape index (κ1) is 19.3. The van der Waals surface area contributed by atoms with Crippen LogP contribution in [0.1, 0.15) is 5.56 Å². The number of aromatic nitrogens is 4. The van der Waals surface area contributed by atoms with E-state index in [0.29, 0.717) is 6.67 Å². The summed E-state index contributed by atoms with van der Waals surface area (Å²) in [7, 11) is 1.96. The van der Waals surface area contributed by atoms with E-state index >= 15 is 0 Å². The number of nitrogens with zero attached hydrogens (tertiary/aromatic N) is 6. The molecule has 8 heteroatoms. The first-order valence-electron chi connectivity index (χ1n) is 9.33. The average Bonchev–Trinajstić information content (AvgIpc) is 2.99. The van der Waals surface area contributed by atoms with Crippen LogP contribution in [0.3, 0.4) is 0 Å². The van der Waals surface area contributed by atoms with Gasteiger partial charge in [-0.15, -0.1) is 0 Å². The van der Waals surface area contributed by atoms with Crippen molar-refractivity contribution in [3.8, 4) is 11.4 Å². The van der Waals surface area contributed by atoms with Gasteiger partial charge in [-0.25, -0.2) is 4.68 Å². The van der Waals surface area contributed by atoms with Crippen LogP contribution in [-0.4, -0.2) is 55.3 Å². The maximum atomic E-state index is 6.10. The lowest BCUT2D eigenvalue weighted by Crippen LogP contribution is -2.46. The Morgan fingerprint density at radius 2 is 1.75 bits per heavy atom. The molecule has 0 radical (unpaired) electrons. The highest BCUT2D eigenvalue weighted by atomic mass is 35.5. The van der Waals surface area contributed by atoms with Gasteiger partial charge in [-0.3, -0.25) is 14.8 Å². The fourth-order valence-electron chi connectivity index (χ4n) is 3.50. The molecule has 0 N–H and O–H groups in total. The molecule has 3 heterocycles. The van der Waals surface area contributed by atoms with Crippen LogP contribution in [0.2, 0.25) is 5.02 Å². The minimum absolute atomic E-state index is 0.711. The van der Waals surface area contributed by atoms with E-state index < -0.39 is 0 Å². The normalized spacial score (nSPS) is 15.8. The SMILES string of the molecule is Cn1c(-c2ccncc2)nn(CN2CCN(Cc3cccc(Cl)c3)CC2)c1=S. The standard InChI is InChI=1S/C20H23ClN6S/c1-24-19(17-5-7-22-8-6-17)23-27(20(24)28)15-26-11-9-25(10-12-26)14-16-3-2-4-18(21)13-16/h2-8,13H,9-12,14-15H2,1H3. The van der Waals surface area contributed by atoms with E-state index in [1.165, 1.54) is 5.56 Å². The van der Waals surface area contributed by atoms with Crippen molar-refractivity contribution < 1.29 is 0 Å². The topological polar surface area (TPSA) is 42.1 Å². The van der Waals surface area contributed by atoms with Crippen molar-refractivity contribution in [1.82, 2.24) is 29.1 Å². The minimum atomic E-state index is 0.711. The number of hydrogen-bond donors (Lipinski definition) is 0. The van der Waals surface area contributed by atoms with E-state index in [4.69, 9.17) is 28.9 Å². The Balaban J connectivity index is 1.38. The van der Waals surface area contributed by atoms with Gasteiger partial charge in [-0.1, -0.05) is 23.7 Å². The molecule has 6 nitrogen and oxygen atoms in total. The molecule has 146 valence electrons. The van der Waals surface area contributed by atoms with Gasteiger partial charge in [-0.05, 0) is 42.0 Å². The van der Waals surface area contributed by atoms with Crippen LogP contribution < -0.4 is 0 Å². The van der Waals surface area contributed by atoms with Crippen LogP contribution >= 0.6 is 23.8 Å². The summed E-state index contributed by atoms with van der Waals surface area (Å²) in [6, 6.07) is 12.0. The summed E-state index contributed by atoms with van der Waals surface area (Å²) in [5, 5.41) is 5.54. The second-order valence-electron chi connectivity index (χ2n) is 7.07. The highest BCUT2D eigenvalue weighted by Gasteiger charge is 2.19. The molecule has 4 rings (SSSR count). The minimum Gasteiger partial charge on any atom is -0.303 e. The molecule has 1 saturated heterocycles. The molecule has 0 spiro atoms. The highest BCUT2D eigenvalue weighted by Crippen LogP contribution is 2.17. The molecule has 0 aliphatic carbocycles. The number of rotatable bonds is 5. The van der Waals surface area contributed by atoms with Crippen molar-refractivity contribution in [2.75, 3.05) is 26.2 Å². The van der Waals surface area contributed by atoms with Gasteiger partial charge in [0.25, 0.3) is 0 Å². The molecular weight excluding hydrogens is 392 g/mol. The summed E-state index contributed by atoms with van der Waals surface area (Å²) >= 11 is 11.7. The van der Waals surface area contributed by atoms with Crippen LogP contribution in [-0.2, 0) is 20.3 Å². The van der Waals surface area contributed by atoms with Gasteiger partial charge in [0.15, 0.2) is 10.6 Å². The van der Waals surface area contributed by atoms with Crippen molar-refractivity contribution in [3.05, 3.63) is 64.1 Å².